The predicted molar refractivity (Wildman–Crippen MR) is 75.6 cm³/mol. The molecule has 0 aliphatic rings. The highest BCUT2D eigenvalue weighted by atomic mass is 79.9. The van der Waals surface area contributed by atoms with Crippen molar-refractivity contribution in [3.8, 4) is 0 Å². The first kappa shape index (κ1) is 14.8. The van der Waals surface area contributed by atoms with Crippen molar-refractivity contribution in [2.45, 2.75) is 31.7 Å². The summed E-state index contributed by atoms with van der Waals surface area (Å²) in [6, 6.07) is 5.20. The molecule has 0 saturated heterocycles. The molecule has 1 atom stereocenters. The fraction of sp³-hybridized carbons (Fsp3) is 0.417. The summed E-state index contributed by atoms with van der Waals surface area (Å²) in [5.41, 5.74) is 0.357. The van der Waals surface area contributed by atoms with Gasteiger partial charge in [-0.05, 0) is 44.5 Å². The van der Waals surface area contributed by atoms with Gasteiger partial charge in [0.05, 0.1) is 0 Å². The third-order valence-corrected chi connectivity index (χ3v) is 3.35. The third kappa shape index (κ3) is 4.49. The highest BCUT2D eigenvalue weighted by molar-refractivity contribution is 9.10. The molecule has 17 heavy (non-hydrogen) atoms. The Morgan fingerprint density at radius 2 is 2.00 bits per heavy atom. The molecule has 1 aromatic carbocycles. The number of hydrogen-bond acceptors (Lipinski definition) is 1. The van der Waals surface area contributed by atoms with Crippen molar-refractivity contribution in [1.82, 2.24) is 5.32 Å². The Labute approximate surface area is 120 Å². The molecule has 1 rings (SSSR count). The zero-order chi connectivity index (χ0) is 13.2. The molecular weight excluding hydrogens is 325 g/mol. The minimum atomic E-state index is -0.762. The molecule has 2 nitrogen and oxygen atoms in total. The average Bonchev–Trinajstić information content (AvgIpc) is 2.18. The maximum Gasteiger partial charge on any atom is 0.243 e. The molecule has 1 amide bonds. The molecule has 0 heterocycles. The fourth-order valence-corrected chi connectivity index (χ4v) is 2.31. The lowest BCUT2D eigenvalue weighted by Crippen LogP contribution is -2.42. The van der Waals surface area contributed by atoms with Crippen LogP contribution in [0.5, 0.6) is 0 Å². The van der Waals surface area contributed by atoms with Crippen LogP contribution >= 0.6 is 39.1 Å². The molecule has 0 fully saturated rings. The summed E-state index contributed by atoms with van der Waals surface area (Å²) in [4.78, 5) is 11.9. The van der Waals surface area contributed by atoms with Crippen molar-refractivity contribution < 1.29 is 4.79 Å². The molecule has 94 valence electrons. The predicted octanol–water partition coefficient (Wildman–Crippen LogP) is 4.30. The largest absolute Gasteiger partial charge is 0.350 e. The Balaban J connectivity index is 2.92. The van der Waals surface area contributed by atoms with Gasteiger partial charge in [-0.3, -0.25) is 4.79 Å². The minimum absolute atomic E-state index is 0.234. The number of rotatable bonds is 2. The van der Waals surface area contributed by atoms with E-state index in [0.29, 0.717) is 10.6 Å². The van der Waals surface area contributed by atoms with Gasteiger partial charge >= 0.3 is 0 Å². The normalized spacial score (nSPS) is 13.3. The molecule has 0 radical (unpaired) electrons. The molecule has 1 N–H and O–H groups in total. The van der Waals surface area contributed by atoms with Gasteiger partial charge in [-0.2, -0.15) is 0 Å². The van der Waals surface area contributed by atoms with Crippen LogP contribution in [0.1, 0.15) is 31.7 Å². The number of hydrogen-bond donors (Lipinski definition) is 1. The first-order valence-electron chi connectivity index (χ1n) is 5.12. The summed E-state index contributed by atoms with van der Waals surface area (Å²) in [6.45, 7) is 5.71. The van der Waals surface area contributed by atoms with Gasteiger partial charge in [0.15, 0.2) is 0 Å². The lowest BCUT2D eigenvalue weighted by Gasteiger charge is -2.23. The van der Waals surface area contributed by atoms with E-state index in [2.05, 4.69) is 21.2 Å². The van der Waals surface area contributed by atoms with Crippen molar-refractivity contribution in [2.24, 2.45) is 0 Å². The van der Waals surface area contributed by atoms with E-state index >= 15 is 0 Å². The minimum Gasteiger partial charge on any atom is -0.350 e. The van der Waals surface area contributed by atoms with Gasteiger partial charge in [0.2, 0.25) is 5.91 Å². The Bertz CT molecular complexity index is 429. The topological polar surface area (TPSA) is 29.1 Å². The van der Waals surface area contributed by atoms with Crippen LogP contribution in [-0.4, -0.2) is 11.4 Å². The van der Waals surface area contributed by atoms with Crippen LogP contribution in [0.3, 0.4) is 0 Å². The second-order valence-electron chi connectivity index (χ2n) is 4.77. The van der Waals surface area contributed by atoms with E-state index in [-0.39, 0.29) is 11.4 Å². The number of amides is 1. The van der Waals surface area contributed by atoms with Crippen molar-refractivity contribution in [3.05, 3.63) is 33.3 Å². The van der Waals surface area contributed by atoms with E-state index in [0.717, 1.165) is 4.47 Å². The van der Waals surface area contributed by atoms with Crippen LogP contribution in [-0.2, 0) is 4.79 Å². The van der Waals surface area contributed by atoms with Crippen molar-refractivity contribution in [1.29, 1.82) is 0 Å². The van der Waals surface area contributed by atoms with E-state index in [4.69, 9.17) is 23.2 Å². The van der Waals surface area contributed by atoms with E-state index in [1.54, 1.807) is 18.2 Å². The Morgan fingerprint density at radius 1 is 1.41 bits per heavy atom. The molecule has 0 bridgehead atoms. The number of alkyl halides is 1. The van der Waals surface area contributed by atoms with E-state index in [1.807, 2.05) is 20.8 Å². The van der Waals surface area contributed by atoms with Gasteiger partial charge in [0, 0.05) is 15.0 Å². The molecule has 5 heteroatoms. The Hall–Kier alpha value is -0.250. The summed E-state index contributed by atoms with van der Waals surface area (Å²) in [5, 5.41) is 2.62. The van der Waals surface area contributed by atoms with Crippen LogP contribution in [0, 0.1) is 0 Å². The number of benzene rings is 1. The summed E-state index contributed by atoms with van der Waals surface area (Å²) < 4.78 is 0.769. The third-order valence-electron chi connectivity index (χ3n) is 1.96. The lowest BCUT2D eigenvalue weighted by molar-refractivity contribution is -0.122. The van der Waals surface area contributed by atoms with E-state index in [9.17, 15) is 4.79 Å². The second kappa shape index (κ2) is 5.59. The first-order valence-corrected chi connectivity index (χ1v) is 6.72. The molecular formula is C12H14BrCl2NO. The number of nitrogens with one attached hydrogen (secondary N) is 1. The SMILES string of the molecule is CC(C)(C)NC(=O)C(Cl)c1cc(Cl)ccc1Br. The van der Waals surface area contributed by atoms with Crippen molar-refractivity contribution in [3.63, 3.8) is 0 Å². The first-order chi connectivity index (χ1) is 7.70. The zero-order valence-corrected chi connectivity index (χ0v) is 12.9. The van der Waals surface area contributed by atoms with Crippen molar-refractivity contribution >= 4 is 45.0 Å². The summed E-state index contributed by atoms with van der Waals surface area (Å²) >= 11 is 15.4. The highest BCUT2D eigenvalue weighted by Gasteiger charge is 2.24. The lowest BCUT2D eigenvalue weighted by atomic mass is 10.1. The van der Waals surface area contributed by atoms with Gasteiger partial charge in [0.1, 0.15) is 5.38 Å². The molecule has 0 aliphatic heterocycles. The molecule has 0 aromatic heterocycles. The van der Waals surface area contributed by atoms with Crippen LogP contribution < -0.4 is 5.32 Å². The van der Waals surface area contributed by atoms with Gasteiger partial charge in [-0.15, -0.1) is 11.6 Å². The van der Waals surface area contributed by atoms with Gasteiger partial charge in [-0.1, -0.05) is 27.5 Å². The van der Waals surface area contributed by atoms with Crippen LogP contribution in [0.25, 0.3) is 0 Å². The number of halogens is 3. The monoisotopic (exact) mass is 337 g/mol. The van der Waals surface area contributed by atoms with E-state index < -0.39 is 5.38 Å². The average molecular weight is 339 g/mol. The van der Waals surface area contributed by atoms with Crippen LogP contribution in [0.4, 0.5) is 0 Å². The van der Waals surface area contributed by atoms with Crippen LogP contribution in [0.15, 0.2) is 22.7 Å². The summed E-state index contributed by atoms with van der Waals surface area (Å²) in [7, 11) is 0. The second-order valence-corrected chi connectivity index (χ2v) is 6.49. The number of carbonyl (C=O) groups is 1. The van der Waals surface area contributed by atoms with Gasteiger partial charge in [-0.25, -0.2) is 0 Å². The number of carbonyl (C=O) groups excluding carboxylic acids is 1. The van der Waals surface area contributed by atoms with Crippen LogP contribution in [0.2, 0.25) is 5.02 Å². The van der Waals surface area contributed by atoms with Crippen molar-refractivity contribution in [2.75, 3.05) is 0 Å². The molecule has 1 unspecified atom stereocenters. The standard InChI is InChI=1S/C12H14BrCl2NO/c1-12(2,3)16-11(17)10(15)8-6-7(14)4-5-9(8)13/h4-6,10H,1-3H3,(H,16,17). The summed E-state index contributed by atoms with van der Waals surface area (Å²) in [5.74, 6) is -0.234. The zero-order valence-electron chi connectivity index (χ0n) is 9.85. The van der Waals surface area contributed by atoms with E-state index in [1.165, 1.54) is 0 Å². The highest BCUT2D eigenvalue weighted by Crippen LogP contribution is 2.31. The maximum absolute atomic E-state index is 11.9. The maximum atomic E-state index is 11.9. The molecule has 1 aromatic rings. The summed E-state index contributed by atoms with van der Waals surface area (Å²) in [6.07, 6.45) is 0. The Kier molecular flexibility index (Phi) is 4.87. The molecule has 0 saturated carbocycles. The van der Waals surface area contributed by atoms with Gasteiger partial charge < -0.3 is 5.32 Å². The Morgan fingerprint density at radius 3 is 2.53 bits per heavy atom. The fourth-order valence-electron chi connectivity index (χ4n) is 1.28. The quantitative estimate of drug-likeness (QED) is 0.800. The van der Waals surface area contributed by atoms with Gasteiger partial charge in [0.25, 0.3) is 0 Å². The molecule has 0 aliphatic carbocycles. The molecule has 0 spiro atoms. The smallest absolute Gasteiger partial charge is 0.243 e.